The predicted octanol–water partition coefficient (Wildman–Crippen LogP) is 2.38. The maximum Gasteiger partial charge on any atom is 0.254 e. The SMILES string of the molecule is Cc1cc(C(=O)N2C[C@@H](C)O[C@@H](C)C2)ccc1F. The molecule has 0 aromatic heterocycles. The minimum Gasteiger partial charge on any atom is -0.372 e. The van der Waals surface area contributed by atoms with Gasteiger partial charge in [-0.1, -0.05) is 0 Å². The van der Waals surface area contributed by atoms with Crippen LogP contribution in [-0.2, 0) is 4.74 Å². The molecule has 1 aliphatic rings. The number of hydrogen-bond donors (Lipinski definition) is 0. The minimum atomic E-state index is -0.282. The Bertz CT molecular complexity index is 451. The van der Waals surface area contributed by atoms with Gasteiger partial charge in [0.25, 0.3) is 5.91 Å². The first-order chi connectivity index (χ1) is 8.47. The highest BCUT2D eigenvalue weighted by molar-refractivity contribution is 5.94. The largest absolute Gasteiger partial charge is 0.372 e. The minimum absolute atomic E-state index is 0.0410. The Morgan fingerprint density at radius 3 is 2.50 bits per heavy atom. The van der Waals surface area contributed by atoms with Crippen LogP contribution in [0.5, 0.6) is 0 Å². The summed E-state index contributed by atoms with van der Waals surface area (Å²) in [7, 11) is 0. The van der Waals surface area contributed by atoms with Gasteiger partial charge in [0.15, 0.2) is 0 Å². The molecule has 1 amide bonds. The van der Waals surface area contributed by atoms with E-state index in [0.717, 1.165) is 0 Å². The quantitative estimate of drug-likeness (QED) is 0.767. The summed E-state index contributed by atoms with van der Waals surface area (Å²) in [4.78, 5) is 14.1. The summed E-state index contributed by atoms with van der Waals surface area (Å²) in [6.07, 6.45) is 0.0819. The van der Waals surface area contributed by atoms with E-state index in [1.807, 2.05) is 13.8 Å². The number of amides is 1. The molecule has 0 N–H and O–H groups in total. The van der Waals surface area contributed by atoms with Crippen molar-refractivity contribution in [3.63, 3.8) is 0 Å². The van der Waals surface area contributed by atoms with Crippen molar-refractivity contribution in [3.8, 4) is 0 Å². The number of carbonyl (C=O) groups excluding carboxylic acids is 1. The van der Waals surface area contributed by atoms with Gasteiger partial charge in [0.2, 0.25) is 0 Å². The first-order valence-corrected chi connectivity index (χ1v) is 6.18. The molecular weight excluding hydrogens is 233 g/mol. The van der Waals surface area contributed by atoms with Crippen molar-refractivity contribution in [1.82, 2.24) is 4.90 Å². The van der Waals surface area contributed by atoms with E-state index in [1.165, 1.54) is 12.1 Å². The van der Waals surface area contributed by atoms with Crippen molar-refractivity contribution in [2.24, 2.45) is 0 Å². The normalized spacial score (nSPS) is 24.1. The molecule has 0 unspecified atom stereocenters. The first kappa shape index (κ1) is 13.0. The molecule has 2 rings (SSSR count). The Morgan fingerprint density at radius 2 is 1.94 bits per heavy atom. The highest BCUT2D eigenvalue weighted by atomic mass is 19.1. The van der Waals surface area contributed by atoms with Crippen molar-refractivity contribution in [1.29, 1.82) is 0 Å². The van der Waals surface area contributed by atoms with E-state index in [2.05, 4.69) is 0 Å². The van der Waals surface area contributed by atoms with E-state index in [0.29, 0.717) is 24.2 Å². The highest BCUT2D eigenvalue weighted by Crippen LogP contribution is 2.16. The number of nitrogens with zero attached hydrogens (tertiary/aromatic N) is 1. The van der Waals surface area contributed by atoms with Crippen molar-refractivity contribution < 1.29 is 13.9 Å². The van der Waals surface area contributed by atoms with Gasteiger partial charge in [-0.3, -0.25) is 4.79 Å². The van der Waals surface area contributed by atoms with Gasteiger partial charge in [-0.15, -0.1) is 0 Å². The lowest BCUT2D eigenvalue weighted by molar-refractivity contribution is -0.0586. The Hall–Kier alpha value is -1.42. The molecular formula is C14H18FNO2. The molecule has 18 heavy (non-hydrogen) atoms. The topological polar surface area (TPSA) is 29.5 Å². The Labute approximate surface area is 107 Å². The molecule has 1 saturated heterocycles. The lowest BCUT2D eigenvalue weighted by Gasteiger charge is -2.35. The number of hydrogen-bond acceptors (Lipinski definition) is 2. The van der Waals surface area contributed by atoms with Crippen molar-refractivity contribution in [2.45, 2.75) is 33.0 Å². The van der Waals surface area contributed by atoms with Gasteiger partial charge >= 0.3 is 0 Å². The highest BCUT2D eigenvalue weighted by Gasteiger charge is 2.26. The van der Waals surface area contributed by atoms with Crippen LogP contribution in [0.2, 0.25) is 0 Å². The zero-order chi connectivity index (χ0) is 13.3. The van der Waals surface area contributed by atoms with E-state index >= 15 is 0 Å². The van der Waals surface area contributed by atoms with Crippen LogP contribution in [0.1, 0.15) is 29.8 Å². The van der Waals surface area contributed by atoms with Gasteiger partial charge in [0, 0.05) is 18.7 Å². The average Bonchev–Trinajstić information content (AvgIpc) is 2.30. The van der Waals surface area contributed by atoms with Crippen LogP contribution >= 0.6 is 0 Å². The summed E-state index contributed by atoms with van der Waals surface area (Å²) in [5.74, 6) is -0.338. The Kier molecular flexibility index (Phi) is 3.66. The Morgan fingerprint density at radius 1 is 1.33 bits per heavy atom. The van der Waals surface area contributed by atoms with Crippen LogP contribution in [0.4, 0.5) is 4.39 Å². The molecule has 1 aromatic carbocycles. The summed E-state index contributed by atoms with van der Waals surface area (Å²) < 4.78 is 18.8. The molecule has 3 nitrogen and oxygen atoms in total. The molecule has 98 valence electrons. The number of carbonyl (C=O) groups is 1. The predicted molar refractivity (Wildman–Crippen MR) is 67.0 cm³/mol. The molecule has 1 aliphatic heterocycles. The van der Waals surface area contributed by atoms with E-state index in [1.54, 1.807) is 17.9 Å². The molecule has 2 atom stereocenters. The molecule has 4 heteroatoms. The van der Waals surface area contributed by atoms with Crippen molar-refractivity contribution in [3.05, 3.63) is 35.1 Å². The molecule has 0 bridgehead atoms. The fourth-order valence-electron chi connectivity index (χ4n) is 2.30. The molecule has 1 fully saturated rings. The zero-order valence-electron chi connectivity index (χ0n) is 10.9. The maximum absolute atomic E-state index is 13.2. The molecule has 1 aromatic rings. The molecule has 0 spiro atoms. The number of rotatable bonds is 1. The van der Waals surface area contributed by atoms with Crippen LogP contribution < -0.4 is 0 Å². The summed E-state index contributed by atoms with van der Waals surface area (Å²) in [6, 6.07) is 4.48. The van der Waals surface area contributed by atoms with Gasteiger partial charge < -0.3 is 9.64 Å². The number of ether oxygens (including phenoxy) is 1. The maximum atomic E-state index is 13.2. The molecule has 0 saturated carbocycles. The van der Waals surface area contributed by atoms with E-state index in [9.17, 15) is 9.18 Å². The van der Waals surface area contributed by atoms with Crippen LogP contribution in [0.3, 0.4) is 0 Å². The smallest absolute Gasteiger partial charge is 0.254 e. The molecule has 0 aliphatic carbocycles. The van der Waals surface area contributed by atoms with Gasteiger partial charge in [-0.05, 0) is 44.5 Å². The van der Waals surface area contributed by atoms with Crippen LogP contribution in [0.25, 0.3) is 0 Å². The number of morpholine rings is 1. The Balaban J connectivity index is 2.17. The third-order valence-electron chi connectivity index (χ3n) is 3.11. The fourth-order valence-corrected chi connectivity index (χ4v) is 2.30. The van der Waals surface area contributed by atoms with Gasteiger partial charge in [-0.25, -0.2) is 4.39 Å². The van der Waals surface area contributed by atoms with Gasteiger partial charge in [-0.2, -0.15) is 0 Å². The second kappa shape index (κ2) is 5.06. The van der Waals surface area contributed by atoms with E-state index < -0.39 is 0 Å². The average molecular weight is 251 g/mol. The summed E-state index contributed by atoms with van der Waals surface area (Å²) in [5.41, 5.74) is 1.03. The number of aryl methyl sites for hydroxylation is 1. The van der Waals surface area contributed by atoms with Crippen LogP contribution in [0.15, 0.2) is 18.2 Å². The summed E-state index contributed by atoms with van der Waals surface area (Å²) >= 11 is 0. The molecule has 0 radical (unpaired) electrons. The first-order valence-electron chi connectivity index (χ1n) is 6.18. The van der Waals surface area contributed by atoms with Crippen molar-refractivity contribution >= 4 is 5.91 Å². The number of halogens is 1. The fraction of sp³-hybridized carbons (Fsp3) is 0.500. The number of benzene rings is 1. The monoisotopic (exact) mass is 251 g/mol. The zero-order valence-corrected chi connectivity index (χ0v) is 10.9. The van der Waals surface area contributed by atoms with E-state index in [-0.39, 0.29) is 23.9 Å². The third-order valence-corrected chi connectivity index (χ3v) is 3.11. The molecule has 1 heterocycles. The summed E-state index contributed by atoms with van der Waals surface area (Å²) in [6.45, 7) is 6.73. The standard InChI is InChI=1S/C14H18FNO2/c1-9-6-12(4-5-13(9)15)14(17)16-7-10(2)18-11(3)8-16/h4-6,10-11H,7-8H2,1-3H3/t10-,11+. The van der Waals surface area contributed by atoms with Gasteiger partial charge in [0.1, 0.15) is 5.82 Å². The van der Waals surface area contributed by atoms with Crippen LogP contribution in [-0.4, -0.2) is 36.1 Å². The second-order valence-corrected chi connectivity index (χ2v) is 4.93. The lowest BCUT2D eigenvalue weighted by atomic mass is 10.1. The van der Waals surface area contributed by atoms with Crippen molar-refractivity contribution in [2.75, 3.05) is 13.1 Å². The van der Waals surface area contributed by atoms with Gasteiger partial charge in [0.05, 0.1) is 12.2 Å². The summed E-state index contributed by atoms with van der Waals surface area (Å²) in [5, 5.41) is 0. The van der Waals surface area contributed by atoms with Crippen LogP contribution in [0, 0.1) is 12.7 Å². The second-order valence-electron chi connectivity index (χ2n) is 4.93. The van der Waals surface area contributed by atoms with E-state index in [4.69, 9.17) is 4.74 Å². The third kappa shape index (κ3) is 2.70. The lowest BCUT2D eigenvalue weighted by Crippen LogP contribution is -2.48.